The molecule has 4 N–H and O–H groups in total. The van der Waals surface area contributed by atoms with Crippen LogP contribution in [0.3, 0.4) is 0 Å². The van der Waals surface area contributed by atoms with Crippen molar-refractivity contribution < 1.29 is 4.63 Å². The molecule has 1 aromatic carbocycles. The van der Waals surface area contributed by atoms with Gasteiger partial charge in [-0.2, -0.15) is 15.0 Å². The van der Waals surface area contributed by atoms with Crippen molar-refractivity contribution in [1.29, 1.82) is 0 Å². The van der Waals surface area contributed by atoms with Crippen LogP contribution in [0.1, 0.15) is 5.82 Å². The van der Waals surface area contributed by atoms with Gasteiger partial charge in [0.15, 0.2) is 23.2 Å². The number of benzene rings is 1. The second kappa shape index (κ2) is 5.95. The lowest BCUT2D eigenvalue weighted by Crippen LogP contribution is -2.17. The lowest BCUT2D eigenvalue weighted by atomic mass is 10.3. The second-order valence-corrected chi connectivity index (χ2v) is 5.81. The molecule has 0 radical (unpaired) electrons. The molecule has 3 heterocycles. The Morgan fingerprint density at radius 3 is 2.58 bits per heavy atom. The van der Waals surface area contributed by atoms with Gasteiger partial charge in [0, 0.05) is 14.1 Å². The molecule has 132 valence electrons. The summed E-state index contributed by atoms with van der Waals surface area (Å²) in [6, 6.07) is 7.65. The fraction of sp³-hybridized carbons (Fsp3) is 0.200. The number of nitrogens with two attached hydrogens (primary N) is 2. The molecule has 0 saturated heterocycles. The highest BCUT2D eigenvalue weighted by Gasteiger charge is 2.20. The third-order valence-electron chi connectivity index (χ3n) is 3.77. The SMILES string of the molecule is CN(C)c1nc(N)nc(Cn2c(-c3nonc3N)nc3ccccc32)n1. The molecule has 26 heavy (non-hydrogen) atoms. The van der Waals surface area contributed by atoms with Gasteiger partial charge in [0.05, 0.1) is 17.6 Å². The quantitative estimate of drug-likeness (QED) is 0.532. The molecule has 3 aromatic heterocycles. The number of para-hydroxylation sites is 2. The summed E-state index contributed by atoms with van der Waals surface area (Å²) in [5.74, 6) is 1.77. The summed E-state index contributed by atoms with van der Waals surface area (Å²) >= 11 is 0. The highest BCUT2D eigenvalue weighted by Crippen LogP contribution is 2.27. The summed E-state index contributed by atoms with van der Waals surface area (Å²) in [7, 11) is 3.66. The number of imidazole rings is 1. The van der Waals surface area contributed by atoms with E-state index >= 15 is 0 Å². The molecule has 0 atom stereocenters. The molecule has 0 spiro atoms. The molecule has 0 aliphatic heterocycles. The van der Waals surface area contributed by atoms with E-state index in [9.17, 15) is 0 Å². The summed E-state index contributed by atoms with van der Waals surface area (Å²) < 4.78 is 6.61. The van der Waals surface area contributed by atoms with Gasteiger partial charge < -0.3 is 20.9 Å². The largest absolute Gasteiger partial charge is 0.379 e. The van der Waals surface area contributed by atoms with Crippen LogP contribution in [0.25, 0.3) is 22.6 Å². The molecule has 0 bridgehead atoms. The van der Waals surface area contributed by atoms with Crippen LogP contribution < -0.4 is 16.4 Å². The van der Waals surface area contributed by atoms with Crippen molar-refractivity contribution >= 4 is 28.7 Å². The van der Waals surface area contributed by atoms with Gasteiger partial charge >= 0.3 is 0 Å². The van der Waals surface area contributed by atoms with Crippen molar-refractivity contribution in [3.8, 4) is 11.5 Å². The van der Waals surface area contributed by atoms with E-state index in [0.29, 0.717) is 29.8 Å². The summed E-state index contributed by atoms with van der Waals surface area (Å²) in [6.07, 6.45) is 0. The minimum absolute atomic E-state index is 0.146. The van der Waals surface area contributed by atoms with E-state index in [4.69, 9.17) is 16.1 Å². The molecule has 0 fully saturated rings. The van der Waals surface area contributed by atoms with E-state index in [1.54, 1.807) is 4.90 Å². The second-order valence-electron chi connectivity index (χ2n) is 5.81. The summed E-state index contributed by atoms with van der Waals surface area (Å²) in [4.78, 5) is 19.1. The first kappa shape index (κ1) is 15.7. The van der Waals surface area contributed by atoms with Crippen LogP contribution >= 0.6 is 0 Å². The lowest BCUT2D eigenvalue weighted by Gasteiger charge is -2.12. The number of rotatable bonds is 4. The number of hydrogen-bond donors (Lipinski definition) is 2. The zero-order chi connectivity index (χ0) is 18.3. The Morgan fingerprint density at radius 2 is 1.85 bits per heavy atom. The topological polar surface area (TPSA) is 151 Å². The minimum atomic E-state index is 0.146. The number of nitrogens with zero attached hydrogens (tertiary/aromatic N) is 8. The van der Waals surface area contributed by atoms with Crippen LogP contribution in [-0.2, 0) is 6.54 Å². The van der Waals surface area contributed by atoms with E-state index in [2.05, 4.69) is 30.2 Å². The van der Waals surface area contributed by atoms with E-state index in [0.717, 1.165) is 11.0 Å². The van der Waals surface area contributed by atoms with E-state index in [1.165, 1.54) is 0 Å². The van der Waals surface area contributed by atoms with Crippen molar-refractivity contribution in [2.75, 3.05) is 30.5 Å². The van der Waals surface area contributed by atoms with Gasteiger partial charge in [-0.1, -0.05) is 12.1 Å². The van der Waals surface area contributed by atoms with Crippen LogP contribution in [0.15, 0.2) is 28.9 Å². The van der Waals surface area contributed by atoms with Gasteiger partial charge in [0.1, 0.15) is 0 Å². The van der Waals surface area contributed by atoms with Crippen molar-refractivity contribution in [3.05, 3.63) is 30.1 Å². The van der Waals surface area contributed by atoms with E-state index in [-0.39, 0.29) is 11.8 Å². The maximum Gasteiger partial charge on any atom is 0.229 e. The number of nitrogen functional groups attached to an aromatic ring is 2. The van der Waals surface area contributed by atoms with Crippen molar-refractivity contribution in [2.45, 2.75) is 6.54 Å². The molecule has 0 amide bonds. The molecular formula is C15H16N10O. The maximum atomic E-state index is 5.86. The van der Waals surface area contributed by atoms with E-state index in [1.807, 2.05) is 42.9 Å². The minimum Gasteiger partial charge on any atom is -0.379 e. The Kier molecular flexibility index (Phi) is 3.60. The average Bonchev–Trinajstić information content (AvgIpc) is 3.18. The Labute approximate surface area is 147 Å². The normalized spacial score (nSPS) is 11.2. The van der Waals surface area contributed by atoms with Crippen molar-refractivity contribution in [3.63, 3.8) is 0 Å². The Bertz CT molecular complexity index is 1080. The average molecular weight is 352 g/mol. The highest BCUT2D eigenvalue weighted by molar-refractivity contribution is 5.81. The number of hydrogen-bond acceptors (Lipinski definition) is 10. The summed E-state index contributed by atoms with van der Waals surface area (Å²) in [5, 5.41) is 7.50. The number of aromatic nitrogens is 7. The zero-order valence-corrected chi connectivity index (χ0v) is 14.2. The zero-order valence-electron chi connectivity index (χ0n) is 14.2. The first-order valence-electron chi connectivity index (χ1n) is 7.74. The molecular weight excluding hydrogens is 336 g/mol. The lowest BCUT2D eigenvalue weighted by molar-refractivity contribution is 0.310. The van der Waals surface area contributed by atoms with Crippen LogP contribution in [-0.4, -0.2) is 48.9 Å². The van der Waals surface area contributed by atoms with Crippen LogP contribution in [0.2, 0.25) is 0 Å². The predicted octanol–water partition coefficient (Wildman–Crippen LogP) is 0.550. The number of fused-ring (bicyclic) bond motifs is 1. The molecule has 0 unspecified atom stereocenters. The van der Waals surface area contributed by atoms with Gasteiger partial charge in [-0.25, -0.2) is 9.61 Å². The molecule has 4 aromatic rings. The monoisotopic (exact) mass is 352 g/mol. The maximum absolute atomic E-state index is 5.86. The predicted molar refractivity (Wildman–Crippen MR) is 95.1 cm³/mol. The van der Waals surface area contributed by atoms with Crippen LogP contribution in [0, 0.1) is 0 Å². The number of anilines is 3. The van der Waals surface area contributed by atoms with Gasteiger partial charge in [0.2, 0.25) is 11.9 Å². The highest BCUT2D eigenvalue weighted by atomic mass is 16.6. The van der Waals surface area contributed by atoms with Crippen molar-refractivity contribution in [1.82, 2.24) is 34.8 Å². The summed E-state index contributed by atoms with van der Waals surface area (Å²) in [5.41, 5.74) is 13.7. The van der Waals surface area contributed by atoms with Gasteiger partial charge in [-0.15, -0.1) is 0 Å². The van der Waals surface area contributed by atoms with Gasteiger partial charge in [0.25, 0.3) is 0 Å². The van der Waals surface area contributed by atoms with Crippen LogP contribution in [0.5, 0.6) is 0 Å². The van der Waals surface area contributed by atoms with Crippen LogP contribution in [0.4, 0.5) is 17.7 Å². The Morgan fingerprint density at radius 1 is 1.04 bits per heavy atom. The van der Waals surface area contributed by atoms with E-state index < -0.39 is 0 Å². The Balaban J connectivity index is 1.87. The van der Waals surface area contributed by atoms with Gasteiger partial charge in [-0.3, -0.25) is 0 Å². The molecule has 0 saturated carbocycles. The summed E-state index contributed by atoms with van der Waals surface area (Å²) in [6.45, 7) is 0.301. The first-order chi connectivity index (χ1) is 12.5. The fourth-order valence-electron chi connectivity index (χ4n) is 2.60. The molecule has 4 rings (SSSR count). The molecule has 0 aliphatic rings. The molecule has 0 aliphatic carbocycles. The molecule has 11 nitrogen and oxygen atoms in total. The first-order valence-corrected chi connectivity index (χ1v) is 7.74. The third-order valence-corrected chi connectivity index (χ3v) is 3.77. The Hall–Kier alpha value is -3.76. The molecule has 11 heteroatoms. The van der Waals surface area contributed by atoms with Gasteiger partial charge in [-0.05, 0) is 22.4 Å². The third kappa shape index (κ3) is 2.64. The fourth-order valence-corrected chi connectivity index (χ4v) is 2.60. The van der Waals surface area contributed by atoms with Crippen molar-refractivity contribution in [2.24, 2.45) is 0 Å². The smallest absolute Gasteiger partial charge is 0.229 e. The standard InChI is InChI=1S/C15H16N10O/c1-24(2)15-20-10(19-14(17)21-15)7-25-9-6-4-3-5-8(9)18-13(25)11-12(16)23-26-22-11/h3-6H,7H2,1-2H3,(H2,16,23)(H2,17,19,20,21).